The number of ether oxygens (including phenoxy) is 1. The van der Waals surface area contributed by atoms with Crippen molar-refractivity contribution in [3.05, 3.63) is 24.3 Å². The number of hydrogen-bond acceptors (Lipinski definition) is 5. The summed E-state index contributed by atoms with van der Waals surface area (Å²) >= 11 is 0. The van der Waals surface area contributed by atoms with Crippen LogP contribution in [0.2, 0.25) is 0 Å². The van der Waals surface area contributed by atoms with Gasteiger partial charge in [-0.05, 0) is 31.7 Å². The first-order valence-electron chi connectivity index (χ1n) is 6.40. The van der Waals surface area contributed by atoms with Gasteiger partial charge in [0.25, 0.3) is 0 Å². The van der Waals surface area contributed by atoms with Crippen molar-refractivity contribution < 1.29 is 13.2 Å². The molecule has 0 fully saturated rings. The molecular formula is C14H20N2O3S. The van der Waals surface area contributed by atoms with Gasteiger partial charge in [-0.2, -0.15) is 5.26 Å². The molecule has 110 valence electrons. The highest BCUT2D eigenvalue weighted by Crippen LogP contribution is 2.18. The van der Waals surface area contributed by atoms with E-state index < -0.39 is 15.4 Å². The number of nitrogens with one attached hydrogen (secondary N) is 1. The van der Waals surface area contributed by atoms with Gasteiger partial charge in [-0.1, -0.05) is 13.0 Å². The monoisotopic (exact) mass is 296 g/mol. The summed E-state index contributed by atoms with van der Waals surface area (Å²) in [6.07, 6.45) is 1.67. The van der Waals surface area contributed by atoms with Gasteiger partial charge in [0.2, 0.25) is 0 Å². The van der Waals surface area contributed by atoms with Crippen molar-refractivity contribution in [2.45, 2.75) is 30.7 Å². The van der Waals surface area contributed by atoms with Gasteiger partial charge in [0.15, 0.2) is 9.84 Å². The van der Waals surface area contributed by atoms with E-state index in [9.17, 15) is 8.42 Å². The second-order valence-electron chi connectivity index (χ2n) is 4.82. The molecule has 1 unspecified atom stereocenters. The number of rotatable bonds is 7. The quantitative estimate of drug-likeness (QED) is 0.829. The summed E-state index contributed by atoms with van der Waals surface area (Å²) in [5, 5.41) is 12.2. The molecular weight excluding hydrogens is 276 g/mol. The zero-order valence-corrected chi connectivity index (χ0v) is 12.8. The van der Waals surface area contributed by atoms with Crippen LogP contribution >= 0.6 is 0 Å². The van der Waals surface area contributed by atoms with E-state index in [2.05, 4.69) is 11.4 Å². The number of nitrogens with zero attached hydrogens (tertiary/aromatic N) is 1. The largest absolute Gasteiger partial charge is 0.493 e. The Bertz CT molecular complexity index is 593. The van der Waals surface area contributed by atoms with E-state index in [0.29, 0.717) is 25.3 Å². The highest BCUT2D eigenvalue weighted by atomic mass is 32.2. The van der Waals surface area contributed by atoms with Crippen LogP contribution in [0, 0.1) is 11.3 Å². The van der Waals surface area contributed by atoms with E-state index in [1.165, 1.54) is 12.1 Å². The van der Waals surface area contributed by atoms with Crippen LogP contribution in [0.4, 0.5) is 0 Å². The van der Waals surface area contributed by atoms with Gasteiger partial charge in [0.05, 0.1) is 17.6 Å². The minimum Gasteiger partial charge on any atom is -0.493 e. The average molecular weight is 296 g/mol. The molecule has 1 N–H and O–H groups in total. The third kappa shape index (κ3) is 4.83. The molecule has 0 aliphatic carbocycles. The Morgan fingerprint density at radius 2 is 2.15 bits per heavy atom. The zero-order chi connectivity index (χ0) is 15.2. The zero-order valence-electron chi connectivity index (χ0n) is 12.0. The maximum atomic E-state index is 11.4. The van der Waals surface area contributed by atoms with Crippen molar-refractivity contribution in [1.29, 1.82) is 5.26 Å². The lowest BCUT2D eigenvalue weighted by atomic mass is 10.0. The van der Waals surface area contributed by atoms with Gasteiger partial charge in [-0.25, -0.2) is 8.42 Å². The predicted octanol–water partition coefficient (Wildman–Crippen LogP) is 1.75. The van der Waals surface area contributed by atoms with Gasteiger partial charge in [-0.15, -0.1) is 0 Å². The third-order valence-corrected chi connectivity index (χ3v) is 4.03. The van der Waals surface area contributed by atoms with E-state index in [0.717, 1.165) is 6.26 Å². The topological polar surface area (TPSA) is 79.2 Å². The Morgan fingerprint density at radius 3 is 2.70 bits per heavy atom. The Balaban J connectivity index is 2.66. The summed E-state index contributed by atoms with van der Waals surface area (Å²) in [4.78, 5) is 0.227. The highest BCUT2D eigenvalue weighted by molar-refractivity contribution is 7.90. The molecule has 6 heteroatoms. The number of sulfone groups is 1. The molecule has 0 bridgehead atoms. The predicted molar refractivity (Wildman–Crippen MR) is 77.4 cm³/mol. The van der Waals surface area contributed by atoms with Gasteiger partial charge in [0.1, 0.15) is 11.3 Å². The first-order chi connectivity index (χ1) is 9.30. The van der Waals surface area contributed by atoms with Crippen molar-refractivity contribution >= 4 is 9.84 Å². The lowest BCUT2D eigenvalue weighted by Gasteiger charge is -2.22. The van der Waals surface area contributed by atoms with Crippen LogP contribution < -0.4 is 10.1 Å². The summed E-state index contributed by atoms with van der Waals surface area (Å²) < 4.78 is 28.4. The van der Waals surface area contributed by atoms with Gasteiger partial charge in [0, 0.05) is 12.7 Å². The minimum atomic E-state index is -3.24. The van der Waals surface area contributed by atoms with Gasteiger partial charge in [-0.3, -0.25) is 5.32 Å². The second-order valence-corrected chi connectivity index (χ2v) is 6.84. The molecule has 0 heterocycles. The van der Waals surface area contributed by atoms with E-state index >= 15 is 0 Å². The van der Waals surface area contributed by atoms with E-state index in [1.807, 2.05) is 13.8 Å². The molecule has 0 amide bonds. The van der Waals surface area contributed by atoms with Crippen molar-refractivity contribution in [2.75, 3.05) is 19.4 Å². The Labute approximate surface area is 120 Å². The second kappa shape index (κ2) is 6.73. The fourth-order valence-corrected chi connectivity index (χ4v) is 2.40. The molecule has 0 saturated heterocycles. The van der Waals surface area contributed by atoms with E-state index in [-0.39, 0.29) is 4.90 Å². The SMILES string of the molecule is CCNC(C)(C#N)CCOc1cccc(S(C)(=O)=O)c1. The standard InChI is InChI=1S/C14H20N2O3S/c1-4-16-14(2,11-15)8-9-19-12-6-5-7-13(10-12)20(3,17)18/h5-7,10,16H,4,8-9H2,1-3H3. The molecule has 1 aromatic rings. The smallest absolute Gasteiger partial charge is 0.175 e. The Hall–Kier alpha value is -1.58. The van der Waals surface area contributed by atoms with Crippen LogP contribution in [-0.4, -0.2) is 33.4 Å². The van der Waals surface area contributed by atoms with Crippen LogP contribution in [0.15, 0.2) is 29.2 Å². The van der Waals surface area contributed by atoms with Crippen molar-refractivity contribution in [2.24, 2.45) is 0 Å². The molecule has 0 aliphatic heterocycles. The molecule has 1 atom stereocenters. The molecule has 20 heavy (non-hydrogen) atoms. The summed E-state index contributed by atoms with van der Waals surface area (Å²) in [7, 11) is -3.24. The van der Waals surface area contributed by atoms with Crippen LogP contribution in [0.3, 0.4) is 0 Å². The summed E-state index contributed by atoms with van der Waals surface area (Å²) in [6.45, 7) is 4.79. The molecule has 0 aromatic heterocycles. The highest BCUT2D eigenvalue weighted by Gasteiger charge is 2.22. The third-order valence-electron chi connectivity index (χ3n) is 2.92. The van der Waals surface area contributed by atoms with Crippen molar-refractivity contribution in [3.63, 3.8) is 0 Å². The molecule has 0 radical (unpaired) electrons. The first kappa shape index (κ1) is 16.5. The number of benzene rings is 1. The summed E-state index contributed by atoms with van der Waals surface area (Å²) in [5.74, 6) is 0.490. The fraction of sp³-hybridized carbons (Fsp3) is 0.500. The maximum Gasteiger partial charge on any atom is 0.175 e. The molecule has 1 rings (SSSR count). The average Bonchev–Trinajstić information content (AvgIpc) is 2.38. The first-order valence-corrected chi connectivity index (χ1v) is 8.29. The lowest BCUT2D eigenvalue weighted by Crippen LogP contribution is -2.42. The van der Waals surface area contributed by atoms with Gasteiger partial charge >= 0.3 is 0 Å². The lowest BCUT2D eigenvalue weighted by molar-refractivity contribution is 0.268. The number of hydrogen-bond donors (Lipinski definition) is 1. The molecule has 5 nitrogen and oxygen atoms in total. The molecule has 0 aliphatic rings. The Morgan fingerprint density at radius 1 is 1.45 bits per heavy atom. The van der Waals surface area contributed by atoms with Crippen LogP contribution in [-0.2, 0) is 9.84 Å². The molecule has 0 spiro atoms. The summed E-state index contributed by atoms with van der Waals surface area (Å²) in [5.41, 5.74) is -0.636. The Kier molecular flexibility index (Phi) is 5.54. The van der Waals surface area contributed by atoms with Crippen molar-refractivity contribution in [3.8, 4) is 11.8 Å². The normalized spacial score (nSPS) is 14.3. The van der Waals surface area contributed by atoms with Crippen LogP contribution in [0.1, 0.15) is 20.3 Å². The van der Waals surface area contributed by atoms with Crippen molar-refractivity contribution in [1.82, 2.24) is 5.32 Å². The van der Waals surface area contributed by atoms with Gasteiger partial charge < -0.3 is 4.74 Å². The number of nitriles is 1. The van der Waals surface area contributed by atoms with Crippen LogP contribution in [0.25, 0.3) is 0 Å². The molecule has 1 aromatic carbocycles. The minimum absolute atomic E-state index is 0.227. The van der Waals surface area contributed by atoms with Crippen LogP contribution in [0.5, 0.6) is 5.75 Å². The van der Waals surface area contributed by atoms with E-state index in [1.54, 1.807) is 12.1 Å². The molecule has 0 saturated carbocycles. The van der Waals surface area contributed by atoms with E-state index in [4.69, 9.17) is 10.00 Å². The summed E-state index contributed by atoms with van der Waals surface area (Å²) in [6, 6.07) is 8.57. The maximum absolute atomic E-state index is 11.4. The fourth-order valence-electron chi connectivity index (χ4n) is 1.74.